The molecule has 30 heavy (non-hydrogen) atoms. The molecule has 0 bridgehead atoms. The largest absolute Gasteiger partial charge is 0.309 e. The number of hydrogen-bond donors (Lipinski definition) is 0. The van der Waals surface area contributed by atoms with Crippen LogP contribution in [0, 0.1) is 11.7 Å². The zero-order chi connectivity index (χ0) is 21.7. The number of benzene rings is 2. The predicted molar refractivity (Wildman–Crippen MR) is 122 cm³/mol. The van der Waals surface area contributed by atoms with E-state index >= 15 is 0 Å². The average molecular weight is 411 g/mol. The highest BCUT2D eigenvalue weighted by Gasteiger charge is 2.29. The number of carbonyl (C=O) groups is 1. The van der Waals surface area contributed by atoms with Gasteiger partial charge in [0, 0.05) is 37.8 Å². The summed E-state index contributed by atoms with van der Waals surface area (Å²) in [6.45, 7) is 11.4. The maximum atomic E-state index is 13.4. The Morgan fingerprint density at radius 1 is 1.00 bits per heavy atom. The van der Waals surface area contributed by atoms with Gasteiger partial charge >= 0.3 is 0 Å². The van der Waals surface area contributed by atoms with E-state index in [2.05, 4.69) is 56.9 Å². The number of likely N-dealkylation sites (tertiary alicyclic amines) is 1. The highest BCUT2D eigenvalue weighted by atomic mass is 19.1. The zero-order valence-electron chi connectivity index (χ0n) is 18.8. The van der Waals surface area contributed by atoms with Gasteiger partial charge in [-0.2, -0.15) is 0 Å². The van der Waals surface area contributed by atoms with E-state index in [1.165, 1.54) is 23.3 Å². The monoisotopic (exact) mass is 410 g/mol. The molecule has 2 aromatic rings. The molecule has 0 aliphatic carbocycles. The van der Waals surface area contributed by atoms with Crippen molar-refractivity contribution in [1.29, 1.82) is 0 Å². The van der Waals surface area contributed by atoms with E-state index in [0.29, 0.717) is 18.3 Å². The molecule has 2 aromatic carbocycles. The molecule has 1 heterocycles. The number of hydrogen-bond acceptors (Lipinski definition) is 2. The fraction of sp³-hybridized carbons (Fsp3) is 0.500. The van der Waals surface area contributed by atoms with Crippen molar-refractivity contribution in [2.45, 2.75) is 65.5 Å². The highest BCUT2D eigenvalue weighted by Crippen LogP contribution is 2.27. The molecular weight excluding hydrogens is 375 g/mol. The Morgan fingerprint density at radius 2 is 1.60 bits per heavy atom. The summed E-state index contributed by atoms with van der Waals surface area (Å²) >= 11 is 0. The molecule has 0 aromatic heterocycles. The molecule has 1 aliphatic rings. The lowest BCUT2D eigenvalue weighted by Crippen LogP contribution is -2.47. The van der Waals surface area contributed by atoms with Crippen molar-refractivity contribution in [3.05, 3.63) is 65.5 Å². The average Bonchev–Trinajstić information content (AvgIpc) is 2.71. The normalized spacial score (nSPS) is 15.7. The Bertz CT molecular complexity index is 806. The second-order valence-electron chi connectivity index (χ2n) is 9.24. The molecular formula is C26H35FN2O. The molecule has 0 saturated carbocycles. The maximum Gasteiger partial charge on any atom is 0.227 e. The summed E-state index contributed by atoms with van der Waals surface area (Å²) in [6, 6.07) is 15.5. The third-order valence-corrected chi connectivity index (χ3v) is 5.93. The van der Waals surface area contributed by atoms with E-state index in [0.717, 1.165) is 38.2 Å². The number of piperidine rings is 1. The third kappa shape index (κ3) is 5.91. The standard InChI is InChI=1S/C26H35FN2O/c1-19(2)17-26(30)29(24-11-9-23(27)10-12-24)25-13-15-28(16-14-25)18-21-5-7-22(8-6-21)20(3)4/h5-12,19-20,25H,13-18H2,1-4H3. The fourth-order valence-electron chi connectivity index (χ4n) is 4.21. The topological polar surface area (TPSA) is 23.6 Å². The van der Waals surface area contributed by atoms with Crippen LogP contribution in [-0.4, -0.2) is 29.9 Å². The van der Waals surface area contributed by atoms with Crippen LogP contribution in [0.2, 0.25) is 0 Å². The number of rotatable bonds is 7. The van der Waals surface area contributed by atoms with E-state index in [1.807, 2.05) is 4.90 Å². The number of anilines is 1. The highest BCUT2D eigenvalue weighted by molar-refractivity contribution is 5.94. The molecule has 0 N–H and O–H groups in total. The molecule has 3 nitrogen and oxygen atoms in total. The molecule has 4 heteroatoms. The van der Waals surface area contributed by atoms with Crippen LogP contribution in [0.25, 0.3) is 0 Å². The Balaban J connectivity index is 1.64. The van der Waals surface area contributed by atoms with Crippen molar-refractivity contribution in [3.63, 3.8) is 0 Å². The van der Waals surface area contributed by atoms with Gasteiger partial charge in [0.25, 0.3) is 0 Å². The quantitative estimate of drug-likeness (QED) is 0.559. The molecule has 0 unspecified atom stereocenters. The van der Waals surface area contributed by atoms with Gasteiger partial charge in [-0.25, -0.2) is 4.39 Å². The van der Waals surface area contributed by atoms with Gasteiger partial charge in [0.05, 0.1) is 0 Å². The molecule has 1 fully saturated rings. The van der Waals surface area contributed by atoms with Gasteiger partial charge in [-0.1, -0.05) is 52.0 Å². The van der Waals surface area contributed by atoms with Crippen LogP contribution < -0.4 is 4.90 Å². The molecule has 0 spiro atoms. The number of carbonyl (C=O) groups excluding carboxylic acids is 1. The number of amides is 1. The van der Waals surface area contributed by atoms with E-state index in [-0.39, 0.29) is 17.8 Å². The molecule has 1 amide bonds. The summed E-state index contributed by atoms with van der Waals surface area (Å²) in [5.74, 6) is 0.720. The Kier molecular flexibility index (Phi) is 7.65. The van der Waals surface area contributed by atoms with Crippen molar-refractivity contribution < 1.29 is 9.18 Å². The summed E-state index contributed by atoms with van der Waals surface area (Å²) in [5, 5.41) is 0. The minimum atomic E-state index is -0.270. The Morgan fingerprint density at radius 3 is 2.13 bits per heavy atom. The molecule has 1 aliphatic heterocycles. The Labute approximate surface area is 180 Å². The first-order chi connectivity index (χ1) is 14.3. The summed E-state index contributed by atoms with van der Waals surface area (Å²) in [7, 11) is 0. The summed E-state index contributed by atoms with van der Waals surface area (Å²) in [6.07, 6.45) is 2.39. The maximum absolute atomic E-state index is 13.4. The second kappa shape index (κ2) is 10.2. The first-order valence-electron chi connectivity index (χ1n) is 11.2. The molecule has 0 radical (unpaired) electrons. The summed E-state index contributed by atoms with van der Waals surface area (Å²) in [5.41, 5.74) is 3.52. The molecule has 0 atom stereocenters. The van der Waals surface area contributed by atoms with Crippen LogP contribution in [0.4, 0.5) is 10.1 Å². The van der Waals surface area contributed by atoms with E-state index < -0.39 is 0 Å². The summed E-state index contributed by atoms with van der Waals surface area (Å²) < 4.78 is 13.4. The van der Waals surface area contributed by atoms with Gasteiger partial charge in [0.15, 0.2) is 0 Å². The minimum absolute atomic E-state index is 0.138. The van der Waals surface area contributed by atoms with Gasteiger partial charge in [-0.05, 0) is 60.1 Å². The van der Waals surface area contributed by atoms with Crippen molar-refractivity contribution in [2.24, 2.45) is 5.92 Å². The van der Waals surface area contributed by atoms with E-state index in [9.17, 15) is 9.18 Å². The van der Waals surface area contributed by atoms with Crippen LogP contribution in [0.3, 0.4) is 0 Å². The van der Waals surface area contributed by atoms with E-state index in [4.69, 9.17) is 0 Å². The molecule has 3 rings (SSSR count). The van der Waals surface area contributed by atoms with Gasteiger partial charge in [0.2, 0.25) is 5.91 Å². The van der Waals surface area contributed by atoms with Crippen LogP contribution in [0.5, 0.6) is 0 Å². The van der Waals surface area contributed by atoms with Gasteiger partial charge in [-0.3, -0.25) is 9.69 Å². The van der Waals surface area contributed by atoms with Crippen molar-refractivity contribution in [3.8, 4) is 0 Å². The van der Waals surface area contributed by atoms with Crippen molar-refractivity contribution in [2.75, 3.05) is 18.0 Å². The predicted octanol–water partition coefficient (Wildman–Crippen LogP) is 5.99. The fourth-order valence-corrected chi connectivity index (χ4v) is 4.21. The number of halogens is 1. The third-order valence-electron chi connectivity index (χ3n) is 5.93. The van der Waals surface area contributed by atoms with Gasteiger partial charge in [0.1, 0.15) is 5.82 Å². The lowest BCUT2D eigenvalue weighted by molar-refractivity contribution is -0.120. The van der Waals surface area contributed by atoms with Crippen molar-refractivity contribution in [1.82, 2.24) is 4.90 Å². The van der Waals surface area contributed by atoms with Gasteiger partial charge < -0.3 is 4.90 Å². The first-order valence-corrected chi connectivity index (χ1v) is 11.2. The summed E-state index contributed by atoms with van der Waals surface area (Å²) in [4.78, 5) is 17.4. The molecule has 162 valence electrons. The second-order valence-corrected chi connectivity index (χ2v) is 9.24. The van der Waals surface area contributed by atoms with E-state index in [1.54, 1.807) is 12.1 Å². The zero-order valence-corrected chi connectivity index (χ0v) is 18.8. The van der Waals surface area contributed by atoms with Crippen LogP contribution >= 0.6 is 0 Å². The first kappa shape index (κ1) is 22.5. The minimum Gasteiger partial charge on any atom is -0.309 e. The lowest BCUT2D eigenvalue weighted by atomic mass is 9.99. The van der Waals surface area contributed by atoms with Crippen LogP contribution in [0.1, 0.15) is 64.0 Å². The SMILES string of the molecule is CC(C)CC(=O)N(c1ccc(F)cc1)C1CCN(Cc2ccc(C(C)C)cc2)CC1. The molecule has 1 saturated heterocycles. The smallest absolute Gasteiger partial charge is 0.227 e. The van der Waals surface area contributed by atoms with Crippen molar-refractivity contribution >= 4 is 11.6 Å². The van der Waals surface area contributed by atoms with Crippen LogP contribution in [-0.2, 0) is 11.3 Å². The number of nitrogens with zero attached hydrogens (tertiary/aromatic N) is 2. The lowest BCUT2D eigenvalue weighted by Gasteiger charge is -2.39. The van der Waals surface area contributed by atoms with Gasteiger partial charge in [-0.15, -0.1) is 0 Å². The van der Waals surface area contributed by atoms with Crippen LogP contribution in [0.15, 0.2) is 48.5 Å². The Hall–Kier alpha value is -2.20.